The molecule has 1 fully saturated rings. The summed E-state index contributed by atoms with van der Waals surface area (Å²) in [5.41, 5.74) is 0.804. The van der Waals surface area contributed by atoms with Gasteiger partial charge in [0.15, 0.2) is 0 Å². The van der Waals surface area contributed by atoms with Crippen molar-refractivity contribution in [1.29, 1.82) is 0 Å². The monoisotopic (exact) mass is 287 g/mol. The van der Waals surface area contributed by atoms with Gasteiger partial charge in [-0.15, -0.1) is 0 Å². The predicted octanol–water partition coefficient (Wildman–Crippen LogP) is 3.64. The summed E-state index contributed by atoms with van der Waals surface area (Å²) in [4.78, 5) is 14.7. The van der Waals surface area contributed by atoms with Crippen molar-refractivity contribution in [3.63, 3.8) is 0 Å². The molecule has 0 spiro atoms. The molecule has 1 heterocycles. The zero-order valence-electron chi connectivity index (χ0n) is 9.94. The first-order chi connectivity index (χ1) is 8.89. The third kappa shape index (κ3) is 3.29. The maximum Gasteiger partial charge on any atom is 0.328 e. The lowest BCUT2D eigenvalue weighted by Gasteiger charge is -2.16. The minimum Gasteiger partial charge on any atom is -0.478 e. The second-order valence-electron chi connectivity index (χ2n) is 4.59. The summed E-state index contributed by atoms with van der Waals surface area (Å²) in [6, 6.07) is 1.55. The number of nitrogens with zero attached hydrogens (tertiary/aromatic N) is 1. The van der Waals surface area contributed by atoms with E-state index in [2.05, 4.69) is 4.98 Å². The van der Waals surface area contributed by atoms with Crippen LogP contribution in [0.25, 0.3) is 5.57 Å². The van der Waals surface area contributed by atoms with E-state index in [1.165, 1.54) is 12.4 Å². The zero-order chi connectivity index (χ0) is 14.0. The van der Waals surface area contributed by atoms with Gasteiger partial charge in [0.05, 0.1) is 5.02 Å². The van der Waals surface area contributed by atoms with Crippen LogP contribution >= 0.6 is 11.6 Å². The molecule has 1 aliphatic carbocycles. The summed E-state index contributed by atoms with van der Waals surface area (Å²) < 4.78 is 26.6. The molecule has 0 bridgehead atoms. The van der Waals surface area contributed by atoms with E-state index in [1.807, 2.05) is 0 Å². The molecule has 1 aliphatic rings. The van der Waals surface area contributed by atoms with Gasteiger partial charge in [-0.3, -0.25) is 4.98 Å². The Bertz CT molecular complexity index is 531. The van der Waals surface area contributed by atoms with E-state index in [1.54, 1.807) is 6.07 Å². The molecule has 0 radical (unpaired) electrons. The van der Waals surface area contributed by atoms with Gasteiger partial charge >= 0.3 is 5.97 Å². The maximum absolute atomic E-state index is 13.3. The number of allylic oxidation sites excluding steroid dienone is 1. The molecule has 1 unspecified atom stereocenters. The molecular weight excluding hydrogens is 276 g/mol. The van der Waals surface area contributed by atoms with E-state index in [-0.39, 0.29) is 24.3 Å². The van der Waals surface area contributed by atoms with Crippen LogP contribution in [0.2, 0.25) is 5.02 Å². The van der Waals surface area contributed by atoms with Crippen molar-refractivity contribution in [3.8, 4) is 0 Å². The molecule has 0 amide bonds. The number of carbonyl (C=O) groups is 1. The average molecular weight is 288 g/mol. The number of aliphatic carboxylic acids is 1. The lowest BCUT2D eigenvalue weighted by atomic mass is 9.91. The smallest absolute Gasteiger partial charge is 0.328 e. The molecular formula is C13H12ClF2NO2. The van der Waals surface area contributed by atoms with Crippen molar-refractivity contribution < 1.29 is 18.7 Å². The molecule has 0 aromatic carbocycles. The van der Waals surface area contributed by atoms with Crippen LogP contribution in [0.4, 0.5) is 8.78 Å². The van der Waals surface area contributed by atoms with Gasteiger partial charge in [-0.25, -0.2) is 13.6 Å². The number of aromatic nitrogens is 1. The van der Waals surface area contributed by atoms with Crippen molar-refractivity contribution in [2.75, 3.05) is 0 Å². The van der Waals surface area contributed by atoms with Crippen molar-refractivity contribution in [1.82, 2.24) is 4.98 Å². The van der Waals surface area contributed by atoms with Crippen LogP contribution < -0.4 is 0 Å². The Hall–Kier alpha value is -1.49. The molecule has 1 N–H and O–H groups in total. The molecule has 1 aromatic rings. The summed E-state index contributed by atoms with van der Waals surface area (Å²) in [7, 11) is 0. The minimum absolute atomic E-state index is 0.225. The Labute approximate surface area is 113 Å². The van der Waals surface area contributed by atoms with Gasteiger partial charge in [0.2, 0.25) is 5.92 Å². The average Bonchev–Trinajstić information content (AvgIpc) is 2.67. The highest BCUT2D eigenvalue weighted by Crippen LogP contribution is 2.45. The van der Waals surface area contributed by atoms with Crippen LogP contribution in [0, 0.1) is 5.92 Å². The van der Waals surface area contributed by atoms with Gasteiger partial charge < -0.3 is 5.11 Å². The third-order valence-corrected chi connectivity index (χ3v) is 3.51. The maximum atomic E-state index is 13.3. The first-order valence-electron chi connectivity index (χ1n) is 5.81. The topological polar surface area (TPSA) is 50.2 Å². The highest BCUT2D eigenvalue weighted by Gasteiger charge is 2.41. The van der Waals surface area contributed by atoms with E-state index in [0.29, 0.717) is 11.1 Å². The molecule has 1 atom stereocenters. The zero-order valence-corrected chi connectivity index (χ0v) is 10.7. The normalized spacial score (nSPS) is 22.5. The Kier molecular flexibility index (Phi) is 3.85. The number of pyridine rings is 1. The van der Waals surface area contributed by atoms with Crippen LogP contribution in [0.15, 0.2) is 24.5 Å². The van der Waals surface area contributed by atoms with Gasteiger partial charge in [-0.2, -0.15) is 0 Å². The van der Waals surface area contributed by atoms with E-state index in [0.717, 1.165) is 6.08 Å². The molecule has 6 heteroatoms. The molecule has 1 aromatic heterocycles. The second-order valence-corrected chi connectivity index (χ2v) is 5.00. The van der Waals surface area contributed by atoms with E-state index in [9.17, 15) is 13.6 Å². The molecule has 3 nitrogen and oxygen atoms in total. The highest BCUT2D eigenvalue weighted by molar-refractivity contribution is 6.32. The van der Waals surface area contributed by atoms with Crippen molar-refractivity contribution in [2.45, 2.75) is 25.2 Å². The first kappa shape index (κ1) is 13.9. The summed E-state index contributed by atoms with van der Waals surface area (Å²) in [6.45, 7) is 0. The molecule has 1 saturated carbocycles. The Morgan fingerprint density at radius 2 is 2.32 bits per heavy atom. The standard InChI is InChI=1S/C13H12ClF2NO2/c14-11-7-17-4-2-9(11)10(5-12(18)19)8-1-3-13(15,16)6-8/h2,4-5,7-8H,1,3,6H2,(H,18,19). The van der Waals surface area contributed by atoms with Gasteiger partial charge in [-0.05, 0) is 29.5 Å². The number of alkyl halides is 2. The fourth-order valence-corrected chi connectivity index (χ4v) is 2.60. The number of rotatable bonds is 3. The number of carboxylic acids is 1. The van der Waals surface area contributed by atoms with Gasteiger partial charge in [-0.1, -0.05) is 11.6 Å². The summed E-state index contributed by atoms with van der Waals surface area (Å²) in [6.07, 6.45) is 3.49. The van der Waals surface area contributed by atoms with E-state index < -0.39 is 17.8 Å². The number of hydrogen-bond donors (Lipinski definition) is 1. The first-order valence-corrected chi connectivity index (χ1v) is 6.19. The molecule has 2 rings (SSSR count). The Morgan fingerprint density at radius 3 is 2.84 bits per heavy atom. The highest BCUT2D eigenvalue weighted by atomic mass is 35.5. The fourth-order valence-electron chi connectivity index (χ4n) is 2.37. The fraction of sp³-hybridized carbons (Fsp3) is 0.385. The number of halogens is 3. The van der Waals surface area contributed by atoms with E-state index >= 15 is 0 Å². The van der Waals surface area contributed by atoms with Gasteiger partial charge in [0.25, 0.3) is 0 Å². The van der Waals surface area contributed by atoms with Gasteiger partial charge in [0, 0.05) is 31.3 Å². The van der Waals surface area contributed by atoms with Crippen LogP contribution in [-0.4, -0.2) is 22.0 Å². The molecule has 0 saturated heterocycles. The molecule has 19 heavy (non-hydrogen) atoms. The molecule has 102 valence electrons. The molecule has 0 aliphatic heterocycles. The quantitative estimate of drug-likeness (QED) is 0.864. The summed E-state index contributed by atoms with van der Waals surface area (Å²) in [5, 5.41) is 9.17. The van der Waals surface area contributed by atoms with Crippen molar-refractivity contribution in [3.05, 3.63) is 35.1 Å². The van der Waals surface area contributed by atoms with Crippen LogP contribution in [0.3, 0.4) is 0 Å². The SMILES string of the molecule is O=C(O)C=C(c1ccncc1Cl)C1CCC(F)(F)C1. The lowest BCUT2D eigenvalue weighted by Crippen LogP contribution is -2.11. The van der Waals surface area contributed by atoms with E-state index in [4.69, 9.17) is 16.7 Å². The summed E-state index contributed by atoms with van der Waals surface area (Å²) in [5.74, 6) is -4.40. The number of hydrogen-bond acceptors (Lipinski definition) is 2. The second kappa shape index (κ2) is 5.25. The van der Waals surface area contributed by atoms with Crippen molar-refractivity contribution >= 4 is 23.1 Å². The predicted molar refractivity (Wildman–Crippen MR) is 67.1 cm³/mol. The van der Waals surface area contributed by atoms with Crippen LogP contribution in [-0.2, 0) is 4.79 Å². The number of carboxylic acid groups (broad SMARTS) is 1. The Morgan fingerprint density at radius 1 is 1.58 bits per heavy atom. The van der Waals surface area contributed by atoms with Crippen molar-refractivity contribution in [2.24, 2.45) is 5.92 Å². The third-order valence-electron chi connectivity index (χ3n) is 3.21. The Balaban J connectivity index is 2.39. The summed E-state index contributed by atoms with van der Waals surface area (Å²) >= 11 is 5.97. The van der Waals surface area contributed by atoms with Crippen LogP contribution in [0.1, 0.15) is 24.8 Å². The largest absolute Gasteiger partial charge is 0.478 e. The van der Waals surface area contributed by atoms with Crippen LogP contribution in [0.5, 0.6) is 0 Å². The van der Waals surface area contributed by atoms with Gasteiger partial charge in [0.1, 0.15) is 0 Å². The minimum atomic E-state index is -2.73. The lowest BCUT2D eigenvalue weighted by molar-refractivity contribution is -0.131.